The van der Waals surface area contributed by atoms with Crippen molar-refractivity contribution in [3.05, 3.63) is 22.4 Å². The molecule has 1 fully saturated rings. The van der Waals surface area contributed by atoms with Gasteiger partial charge in [0.15, 0.2) is 0 Å². The molecule has 120 valence electrons. The Labute approximate surface area is 133 Å². The van der Waals surface area contributed by atoms with Gasteiger partial charge in [-0.3, -0.25) is 14.4 Å². The van der Waals surface area contributed by atoms with Gasteiger partial charge in [0, 0.05) is 24.4 Å². The SMILES string of the molecule is COC(=O)CC1C(=O)NCCN1C(=O)CCCc1cccs1. The molecule has 0 aromatic carbocycles. The minimum Gasteiger partial charge on any atom is -0.469 e. The molecule has 2 amide bonds. The summed E-state index contributed by atoms with van der Waals surface area (Å²) in [5.74, 6) is -0.859. The van der Waals surface area contributed by atoms with Crippen molar-refractivity contribution in [1.82, 2.24) is 10.2 Å². The Bertz CT molecular complexity index is 530. The first-order chi connectivity index (χ1) is 10.6. The van der Waals surface area contributed by atoms with Crippen LogP contribution in [0.15, 0.2) is 17.5 Å². The second-order valence-electron chi connectivity index (χ2n) is 5.11. The highest BCUT2D eigenvalue weighted by Crippen LogP contribution is 2.15. The molecule has 0 aliphatic carbocycles. The molecule has 0 saturated carbocycles. The number of nitrogens with one attached hydrogen (secondary N) is 1. The summed E-state index contributed by atoms with van der Waals surface area (Å²) in [6.07, 6.45) is 1.87. The van der Waals surface area contributed by atoms with Crippen molar-refractivity contribution in [2.75, 3.05) is 20.2 Å². The zero-order chi connectivity index (χ0) is 15.9. The highest BCUT2D eigenvalue weighted by atomic mass is 32.1. The summed E-state index contributed by atoms with van der Waals surface area (Å²) < 4.78 is 4.60. The Balaban J connectivity index is 1.89. The van der Waals surface area contributed by atoms with Crippen LogP contribution in [0.25, 0.3) is 0 Å². The first-order valence-electron chi connectivity index (χ1n) is 7.28. The monoisotopic (exact) mass is 324 g/mol. The smallest absolute Gasteiger partial charge is 0.308 e. The minimum absolute atomic E-state index is 0.0830. The van der Waals surface area contributed by atoms with Crippen LogP contribution in [-0.2, 0) is 25.5 Å². The number of thiophene rings is 1. The number of aryl methyl sites for hydroxylation is 1. The molecule has 0 spiro atoms. The van der Waals surface area contributed by atoms with Gasteiger partial charge in [-0.2, -0.15) is 0 Å². The zero-order valence-electron chi connectivity index (χ0n) is 12.5. The number of amides is 2. The van der Waals surface area contributed by atoms with Crippen molar-refractivity contribution >= 4 is 29.1 Å². The van der Waals surface area contributed by atoms with Gasteiger partial charge in [0.1, 0.15) is 6.04 Å². The van der Waals surface area contributed by atoms with Crippen LogP contribution < -0.4 is 5.32 Å². The molecule has 7 heteroatoms. The summed E-state index contributed by atoms with van der Waals surface area (Å²) in [7, 11) is 1.27. The van der Waals surface area contributed by atoms with E-state index in [1.165, 1.54) is 16.9 Å². The number of esters is 1. The fraction of sp³-hybridized carbons (Fsp3) is 0.533. The van der Waals surface area contributed by atoms with Gasteiger partial charge in [-0.1, -0.05) is 6.07 Å². The number of piperazine rings is 1. The Kier molecular flexibility index (Phi) is 5.94. The van der Waals surface area contributed by atoms with Gasteiger partial charge < -0.3 is 15.0 Å². The fourth-order valence-corrected chi connectivity index (χ4v) is 3.22. The molecule has 0 radical (unpaired) electrons. The first-order valence-corrected chi connectivity index (χ1v) is 8.16. The maximum atomic E-state index is 12.3. The number of carbonyl (C=O) groups excluding carboxylic acids is 3. The molecule has 1 aromatic rings. The van der Waals surface area contributed by atoms with Crippen molar-refractivity contribution in [3.8, 4) is 0 Å². The molecule has 2 heterocycles. The number of rotatable bonds is 6. The minimum atomic E-state index is -0.754. The molecule has 1 saturated heterocycles. The zero-order valence-corrected chi connectivity index (χ0v) is 13.4. The largest absolute Gasteiger partial charge is 0.469 e. The maximum absolute atomic E-state index is 12.3. The van der Waals surface area contributed by atoms with E-state index in [-0.39, 0.29) is 18.2 Å². The van der Waals surface area contributed by atoms with E-state index in [0.717, 1.165) is 12.8 Å². The average molecular weight is 324 g/mol. The van der Waals surface area contributed by atoms with Gasteiger partial charge >= 0.3 is 5.97 Å². The lowest BCUT2D eigenvalue weighted by Gasteiger charge is -2.34. The van der Waals surface area contributed by atoms with Crippen molar-refractivity contribution < 1.29 is 19.1 Å². The Morgan fingerprint density at radius 3 is 3.00 bits per heavy atom. The van der Waals surface area contributed by atoms with Crippen LogP contribution in [0.4, 0.5) is 0 Å². The topological polar surface area (TPSA) is 75.7 Å². The lowest BCUT2D eigenvalue weighted by molar-refractivity contribution is -0.150. The standard InChI is InChI=1S/C15H20N2O4S/c1-21-14(19)10-12-15(20)16-7-8-17(12)13(18)6-2-4-11-5-3-9-22-11/h3,5,9,12H,2,4,6-8,10H2,1H3,(H,16,20). The summed E-state index contributed by atoms with van der Waals surface area (Å²) in [6.45, 7) is 0.860. The molecule has 1 N–H and O–H groups in total. The van der Waals surface area contributed by atoms with E-state index in [2.05, 4.69) is 10.1 Å². The Morgan fingerprint density at radius 2 is 2.32 bits per heavy atom. The quantitative estimate of drug-likeness (QED) is 0.791. The molecule has 1 aliphatic rings. The predicted molar refractivity (Wildman–Crippen MR) is 82.4 cm³/mol. The van der Waals surface area contributed by atoms with Crippen LogP contribution in [0.3, 0.4) is 0 Å². The fourth-order valence-electron chi connectivity index (χ4n) is 2.47. The van der Waals surface area contributed by atoms with Crippen LogP contribution in [0.2, 0.25) is 0 Å². The Morgan fingerprint density at radius 1 is 1.50 bits per heavy atom. The molecule has 1 atom stereocenters. The van der Waals surface area contributed by atoms with Crippen molar-refractivity contribution in [2.24, 2.45) is 0 Å². The summed E-state index contributed by atoms with van der Waals surface area (Å²) in [5.41, 5.74) is 0. The molecule has 1 aromatic heterocycles. The third kappa shape index (κ3) is 4.30. The lowest BCUT2D eigenvalue weighted by Crippen LogP contribution is -2.57. The van der Waals surface area contributed by atoms with E-state index in [1.54, 1.807) is 11.3 Å². The van der Waals surface area contributed by atoms with Crippen LogP contribution in [0, 0.1) is 0 Å². The van der Waals surface area contributed by atoms with Crippen LogP contribution in [-0.4, -0.2) is 48.9 Å². The predicted octanol–water partition coefficient (Wildman–Crippen LogP) is 0.961. The Hall–Kier alpha value is -1.89. The molecular formula is C15H20N2O4S. The second kappa shape index (κ2) is 7.93. The van der Waals surface area contributed by atoms with Gasteiger partial charge in [0.2, 0.25) is 11.8 Å². The number of nitrogens with zero attached hydrogens (tertiary/aromatic N) is 1. The van der Waals surface area contributed by atoms with Gasteiger partial charge in [-0.15, -0.1) is 11.3 Å². The molecule has 2 rings (SSSR count). The van der Waals surface area contributed by atoms with Crippen LogP contribution >= 0.6 is 11.3 Å². The van der Waals surface area contributed by atoms with E-state index in [4.69, 9.17) is 0 Å². The molecule has 1 aliphatic heterocycles. The van der Waals surface area contributed by atoms with Crippen molar-refractivity contribution in [3.63, 3.8) is 0 Å². The third-order valence-corrected chi connectivity index (χ3v) is 4.57. The highest BCUT2D eigenvalue weighted by molar-refractivity contribution is 7.09. The van der Waals surface area contributed by atoms with Gasteiger partial charge in [-0.05, 0) is 24.3 Å². The molecular weight excluding hydrogens is 304 g/mol. The lowest BCUT2D eigenvalue weighted by atomic mass is 10.1. The molecule has 1 unspecified atom stereocenters. The first kappa shape index (κ1) is 16.5. The van der Waals surface area contributed by atoms with Gasteiger partial charge in [0.25, 0.3) is 0 Å². The number of hydrogen-bond acceptors (Lipinski definition) is 5. The van der Waals surface area contributed by atoms with E-state index < -0.39 is 12.0 Å². The highest BCUT2D eigenvalue weighted by Gasteiger charge is 2.34. The normalized spacial score (nSPS) is 18.0. The van der Waals surface area contributed by atoms with E-state index in [9.17, 15) is 14.4 Å². The summed E-state index contributed by atoms with van der Waals surface area (Å²) in [4.78, 5) is 38.4. The number of methoxy groups -OCH3 is 1. The molecule has 0 bridgehead atoms. The van der Waals surface area contributed by atoms with Crippen molar-refractivity contribution in [1.29, 1.82) is 0 Å². The van der Waals surface area contributed by atoms with E-state index >= 15 is 0 Å². The maximum Gasteiger partial charge on any atom is 0.308 e. The van der Waals surface area contributed by atoms with Crippen LogP contribution in [0.5, 0.6) is 0 Å². The average Bonchev–Trinajstić information content (AvgIpc) is 3.02. The van der Waals surface area contributed by atoms with Gasteiger partial charge in [0.05, 0.1) is 13.5 Å². The molecule has 22 heavy (non-hydrogen) atoms. The number of carbonyl (C=O) groups is 3. The summed E-state index contributed by atoms with van der Waals surface area (Å²) >= 11 is 1.67. The number of ether oxygens (including phenoxy) is 1. The summed E-state index contributed by atoms with van der Waals surface area (Å²) in [6, 6.07) is 3.28. The van der Waals surface area contributed by atoms with E-state index in [0.29, 0.717) is 19.5 Å². The number of hydrogen-bond donors (Lipinski definition) is 1. The summed E-state index contributed by atoms with van der Waals surface area (Å²) in [5, 5.41) is 4.70. The van der Waals surface area contributed by atoms with Gasteiger partial charge in [-0.25, -0.2) is 0 Å². The molecule has 6 nitrogen and oxygen atoms in total. The van der Waals surface area contributed by atoms with Crippen molar-refractivity contribution in [2.45, 2.75) is 31.7 Å². The second-order valence-corrected chi connectivity index (χ2v) is 6.14. The van der Waals surface area contributed by atoms with Crippen LogP contribution in [0.1, 0.15) is 24.1 Å². The van der Waals surface area contributed by atoms with E-state index in [1.807, 2.05) is 17.5 Å². The third-order valence-electron chi connectivity index (χ3n) is 3.63.